The molecule has 5 nitrogen and oxygen atoms in total. The number of ether oxygens (including phenoxy) is 1. The van der Waals surface area contributed by atoms with Gasteiger partial charge in [0.05, 0.1) is 12.7 Å². The molecule has 0 aliphatic heterocycles. The van der Waals surface area contributed by atoms with Crippen molar-refractivity contribution in [3.05, 3.63) is 48.3 Å². The smallest absolute Gasteiger partial charge is 0.261 e. The molecule has 1 aromatic heterocycles. The molecule has 2 rings (SSSR count). The molecule has 0 unspecified atom stereocenters. The Kier molecular flexibility index (Phi) is 3.66. The van der Waals surface area contributed by atoms with E-state index in [1.165, 1.54) is 24.1 Å². The number of benzene rings is 1. The third kappa shape index (κ3) is 2.65. The van der Waals surface area contributed by atoms with Crippen LogP contribution in [0.4, 0.5) is 5.69 Å². The number of methoxy groups -OCH3 is 1. The molecule has 1 N–H and O–H groups in total. The summed E-state index contributed by atoms with van der Waals surface area (Å²) in [6, 6.07) is 8.02. The second-order valence-electron chi connectivity index (χ2n) is 3.95. The molecular weight excluding hydrogens is 244 g/mol. The molecule has 0 spiro atoms. The van der Waals surface area contributed by atoms with Crippen molar-refractivity contribution in [1.82, 2.24) is 4.98 Å². The van der Waals surface area contributed by atoms with Gasteiger partial charge in [-0.1, -0.05) is 0 Å². The van der Waals surface area contributed by atoms with Gasteiger partial charge in [0.2, 0.25) is 0 Å². The highest BCUT2D eigenvalue weighted by atomic mass is 16.5. The molecule has 5 heteroatoms. The number of rotatable bonds is 3. The van der Waals surface area contributed by atoms with Crippen molar-refractivity contribution >= 4 is 11.6 Å². The first-order chi connectivity index (χ1) is 9.13. The van der Waals surface area contributed by atoms with Gasteiger partial charge < -0.3 is 14.7 Å². The average molecular weight is 258 g/mol. The maximum absolute atomic E-state index is 12.3. The molecule has 1 heterocycles. The molecule has 0 saturated heterocycles. The van der Waals surface area contributed by atoms with Gasteiger partial charge in [0.1, 0.15) is 11.5 Å². The van der Waals surface area contributed by atoms with Crippen LogP contribution in [0, 0.1) is 0 Å². The van der Waals surface area contributed by atoms with E-state index in [4.69, 9.17) is 4.74 Å². The number of phenolic OH excluding ortho intramolecular Hbond substituents is 1. The number of nitrogens with zero attached hydrogens (tertiary/aromatic N) is 2. The van der Waals surface area contributed by atoms with Gasteiger partial charge in [-0.3, -0.25) is 9.78 Å². The summed E-state index contributed by atoms with van der Waals surface area (Å²) in [5.74, 6) is 0.0947. The zero-order valence-corrected chi connectivity index (χ0v) is 10.7. The molecule has 2 aromatic rings. The van der Waals surface area contributed by atoms with Crippen LogP contribution in [-0.4, -0.2) is 30.2 Å². The zero-order valence-electron chi connectivity index (χ0n) is 10.7. The van der Waals surface area contributed by atoms with Crippen LogP contribution < -0.4 is 9.64 Å². The number of aromatic hydroxyl groups is 1. The summed E-state index contributed by atoms with van der Waals surface area (Å²) in [6.45, 7) is 0. The lowest BCUT2D eigenvalue weighted by Gasteiger charge is -2.17. The maximum atomic E-state index is 12.3. The van der Waals surface area contributed by atoms with E-state index in [0.29, 0.717) is 11.4 Å². The van der Waals surface area contributed by atoms with Gasteiger partial charge in [-0.05, 0) is 24.3 Å². The molecule has 0 atom stereocenters. The van der Waals surface area contributed by atoms with Crippen LogP contribution in [0.2, 0.25) is 0 Å². The fourth-order valence-electron chi connectivity index (χ4n) is 1.68. The van der Waals surface area contributed by atoms with Crippen LogP contribution >= 0.6 is 0 Å². The average Bonchev–Trinajstić information content (AvgIpc) is 2.46. The lowest BCUT2D eigenvalue weighted by molar-refractivity contribution is 0.0990. The Labute approximate surface area is 111 Å². The van der Waals surface area contributed by atoms with E-state index in [9.17, 15) is 9.90 Å². The summed E-state index contributed by atoms with van der Waals surface area (Å²) >= 11 is 0. The van der Waals surface area contributed by atoms with Gasteiger partial charge in [-0.2, -0.15) is 0 Å². The number of anilines is 1. The number of hydrogen-bond donors (Lipinski definition) is 1. The van der Waals surface area contributed by atoms with Crippen molar-refractivity contribution in [3.63, 3.8) is 0 Å². The first-order valence-electron chi connectivity index (χ1n) is 5.68. The van der Waals surface area contributed by atoms with Crippen molar-refractivity contribution in [2.75, 3.05) is 19.1 Å². The largest absolute Gasteiger partial charge is 0.507 e. The monoisotopic (exact) mass is 258 g/mol. The Hall–Kier alpha value is -2.56. The minimum absolute atomic E-state index is 0.106. The summed E-state index contributed by atoms with van der Waals surface area (Å²) < 4.78 is 4.98. The molecular formula is C14H14N2O3. The van der Waals surface area contributed by atoms with Gasteiger partial charge in [0, 0.05) is 31.2 Å². The first-order valence-corrected chi connectivity index (χ1v) is 5.68. The van der Waals surface area contributed by atoms with Crippen LogP contribution in [0.15, 0.2) is 42.7 Å². The number of amides is 1. The van der Waals surface area contributed by atoms with Crippen LogP contribution in [0.3, 0.4) is 0 Å². The number of carbonyl (C=O) groups is 1. The molecule has 0 aliphatic carbocycles. The highest BCUT2D eigenvalue weighted by Crippen LogP contribution is 2.25. The highest BCUT2D eigenvalue weighted by Gasteiger charge is 2.17. The van der Waals surface area contributed by atoms with Crippen LogP contribution in [0.1, 0.15) is 10.4 Å². The summed E-state index contributed by atoms with van der Waals surface area (Å²) in [4.78, 5) is 17.6. The van der Waals surface area contributed by atoms with E-state index in [2.05, 4.69) is 4.98 Å². The summed E-state index contributed by atoms with van der Waals surface area (Å²) in [5, 5.41) is 9.85. The van der Waals surface area contributed by atoms with Crippen molar-refractivity contribution in [2.24, 2.45) is 0 Å². The second kappa shape index (κ2) is 5.39. The fraction of sp³-hybridized carbons (Fsp3) is 0.143. The minimum Gasteiger partial charge on any atom is -0.507 e. The van der Waals surface area contributed by atoms with Crippen LogP contribution in [-0.2, 0) is 0 Å². The standard InChI is InChI=1S/C14H14N2O3/c1-16(10-5-7-15-8-6-10)14(18)12-4-3-11(19-2)9-13(12)17/h3-9,17H,1-2H3. The van der Waals surface area contributed by atoms with Crippen molar-refractivity contribution in [2.45, 2.75) is 0 Å². The third-order valence-electron chi connectivity index (χ3n) is 2.79. The predicted octanol–water partition coefficient (Wildman–Crippen LogP) is 2.07. The Bertz CT molecular complexity index is 584. The Balaban J connectivity index is 2.29. The fourth-order valence-corrected chi connectivity index (χ4v) is 1.68. The topological polar surface area (TPSA) is 62.7 Å². The van der Waals surface area contributed by atoms with E-state index in [0.717, 1.165) is 0 Å². The van der Waals surface area contributed by atoms with E-state index in [1.807, 2.05) is 0 Å². The quantitative estimate of drug-likeness (QED) is 0.915. The molecule has 0 fully saturated rings. The highest BCUT2D eigenvalue weighted by molar-refractivity contribution is 6.07. The number of hydrogen-bond acceptors (Lipinski definition) is 4. The molecule has 0 saturated carbocycles. The number of aromatic nitrogens is 1. The molecule has 1 aromatic carbocycles. The van der Waals surface area contributed by atoms with Crippen LogP contribution in [0.5, 0.6) is 11.5 Å². The zero-order chi connectivity index (χ0) is 13.8. The van der Waals surface area contributed by atoms with Gasteiger partial charge in [-0.15, -0.1) is 0 Å². The molecule has 98 valence electrons. The van der Waals surface area contributed by atoms with Gasteiger partial charge in [-0.25, -0.2) is 0 Å². The van der Waals surface area contributed by atoms with Crippen LogP contribution in [0.25, 0.3) is 0 Å². The molecule has 19 heavy (non-hydrogen) atoms. The SMILES string of the molecule is COc1ccc(C(=O)N(C)c2ccncc2)c(O)c1. The van der Waals surface area contributed by atoms with Gasteiger partial charge >= 0.3 is 0 Å². The third-order valence-corrected chi connectivity index (χ3v) is 2.79. The normalized spacial score (nSPS) is 10.0. The Morgan fingerprint density at radius 3 is 2.53 bits per heavy atom. The molecule has 0 aliphatic rings. The lowest BCUT2D eigenvalue weighted by atomic mass is 10.1. The number of carbonyl (C=O) groups excluding carboxylic acids is 1. The summed E-state index contributed by atoms with van der Waals surface area (Å²) in [5.41, 5.74) is 0.926. The van der Waals surface area contributed by atoms with Crippen molar-refractivity contribution < 1.29 is 14.6 Å². The first kappa shape index (κ1) is 12.9. The second-order valence-corrected chi connectivity index (χ2v) is 3.95. The summed E-state index contributed by atoms with van der Waals surface area (Å²) in [7, 11) is 3.14. The molecule has 0 bridgehead atoms. The Morgan fingerprint density at radius 1 is 1.26 bits per heavy atom. The number of phenols is 1. The molecule has 0 radical (unpaired) electrons. The van der Waals surface area contributed by atoms with E-state index in [-0.39, 0.29) is 17.2 Å². The summed E-state index contributed by atoms with van der Waals surface area (Å²) in [6.07, 6.45) is 3.21. The van der Waals surface area contributed by atoms with Gasteiger partial charge in [0.25, 0.3) is 5.91 Å². The Morgan fingerprint density at radius 2 is 1.95 bits per heavy atom. The van der Waals surface area contributed by atoms with E-state index < -0.39 is 0 Å². The number of pyridine rings is 1. The maximum Gasteiger partial charge on any atom is 0.261 e. The van der Waals surface area contributed by atoms with Crippen molar-refractivity contribution in [3.8, 4) is 11.5 Å². The predicted molar refractivity (Wildman–Crippen MR) is 71.6 cm³/mol. The van der Waals surface area contributed by atoms with Gasteiger partial charge in [0.15, 0.2) is 0 Å². The van der Waals surface area contributed by atoms with Crippen molar-refractivity contribution in [1.29, 1.82) is 0 Å². The lowest BCUT2D eigenvalue weighted by Crippen LogP contribution is -2.26. The molecule has 1 amide bonds. The van der Waals surface area contributed by atoms with E-state index >= 15 is 0 Å². The minimum atomic E-state index is -0.300. The van der Waals surface area contributed by atoms with E-state index in [1.54, 1.807) is 37.6 Å².